The van der Waals surface area contributed by atoms with Crippen molar-refractivity contribution in [3.05, 3.63) is 35.4 Å². The van der Waals surface area contributed by atoms with Crippen molar-refractivity contribution in [1.82, 2.24) is 4.90 Å². The first kappa shape index (κ1) is 14.6. The second kappa shape index (κ2) is 6.18. The predicted octanol–water partition coefficient (Wildman–Crippen LogP) is 3.95. The Morgan fingerprint density at radius 1 is 1.10 bits per heavy atom. The lowest BCUT2D eigenvalue weighted by atomic mass is 9.80. The topological polar surface area (TPSA) is 40.5 Å². The summed E-state index contributed by atoms with van der Waals surface area (Å²) in [6.45, 7) is 3.20. The highest BCUT2D eigenvalue weighted by molar-refractivity contribution is 5.73. The number of carbonyl (C=O) groups is 1. The summed E-state index contributed by atoms with van der Waals surface area (Å²) in [6, 6.07) is 8.61. The predicted molar refractivity (Wildman–Crippen MR) is 83.4 cm³/mol. The molecule has 21 heavy (non-hydrogen) atoms. The average molecular weight is 287 g/mol. The molecule has 0 spiro atoms. The van der Waals surface area contributed by atoms with Crippen LogP contribution in [0.5, 0.6) is 0 Å². The van der Waals surface area contributed by atoms with Crippen LogP contribution in [0.2, 0.25) is 0 Å². The Morgan fingerprint density at radius 2 is 1.86 bits per heavy atom. The maximum absolute atomic E-state index is 11.7. The van der Waals surface area contributed by atoms with Crippen molar-refractivity contribution < 1.29 is 9.90 Å². The van der Waals surface area contributed by atoms with Crippen LogP contribution in [0.4, 0.5) is 0 Å². The van der Waals surface area contributed by atoms with Gasteiger partial charge in [0, 0.05) is 6.04 Å². The SMILES string of the molecule is CC1CCC(N2CCCCCC2C(=O)O)c2ccccc21. The minimum Gasteiger partial charge on any atom is -0.480 e. The summed E-state index contributed by atoms with van der Waals surface area (Å²) in [4.78, 5) is 14.0. The molecule has 1 fully saturated rings. The first-order valence-electron chi connectivity index (χ1n) is 8.26. The van der Waals surface area contributed by atoms with E-state index in [0.29, 0.717) is 5.92 Å². The number of carboxylic acids is 1. The van der Waals surface area contributed by atoms with E-state index < -0.39 is 5.97 Å². The van der Waals surface area contributed by atoms with Crippen molar-refractivity contribution in [2.24, 2.45) is 0 Å². The molecule has 3 heteroatoms. The molecule has 114 valence electrons. The van der Waals surface area contributed by atoms with Crippen LogP contribution in [0, 0.1) is 0 Å². The van der Waals surface area contributed by atoms with Gasteiger partial charge >= 0.3 is 5.97 Å². The fraction of sp³-hybridized carbons (Fsp3) is 0.611. The van der Waals surface area contributed by atoms with Crippen LogP contribution >= 0.6 is 0 Å². The van der Waals surface area contributed by atoms with Crippen molar-refractivity contribution in [3.63, 3.8) is 0 Å². The monoisotopic (exact) mass is 287 g/mol. The third-order valence-electron chi connectivity index (χ3n) is 5.24. The summed E-state index contributed by atoms with van der Waals surface area (Å²) in [5.74, 6) is -0.0549. The number of benzene rings is 1. The molecule has 3 unspecified atom stereocenters. The number of hydrogen-bond acceptors (Lipinski definition) is 2. The van der Waals surface area contributed by atoms with E-state index in [1.54, 1.807) is 0 Å². The van der Waals surface area contributed by atoms with Gasteiger partial charge in [-0.05, 0) is 49.3 Å². The lowest BCUT2D eigenvalue weighted by molar-refractivity contribution is -0.144. The minimum absolute atomic E-state index is 0.289. The average Bonchev–Trinajstić information content (AvgIpc) is 2.74. The molecule has 2 aliphatic rings. The molecule has 1 aliphatic carbocycles. The minimum atomic E-state index is -0.645. The van der Waals surface area contributed by atoms with Crippen molar-refractivity contribution >= 4 is 5.97 Å². The summed E-state index contributed by atoms with van der Waals surface area (Å²) in [5, 5.41) is 9.62. The van der Waals surface area contributed by atoms with E-state index in [1.807, 2.05) is 0 Å². The summed E-state index contributed by atoms with van der Waals surface area (Å²) in [5.41, 5.74) is 2.78. The highest BCUT2D eigenvalue weighted by Crippen LogP contribution is 2.42. The molecule has 0 aromatic heterocycles. The maximum atomic E-state index is 11.7. The van der Waals surface area contributed by atoms with E-state index in [1.165, 1.54) is 11.1 Å². The first-order chi connectivity index (χ1) is 10.2. The lowest BCUT2D eigenvalue weighted by Gasteiger charge is -2.40. The zero-order valence-corrected chi connectivity index (χ0v) is 12.8. The highest BCUT2D eigenvalue weighted by atomic mass is 16.4. The number of fused-ring (bicyclic) bond motifs is 1. The van der Waals surface area contributed by atoms with E-state index in [4.69, 9.17) is 0 Å². The van der Waals surface area contributed by atoms with E-state index in [9.17, 15) is 9.90 Å². The van der Waals surface area contributed by atoms with Crippen molar-refractivity contribution in [2.45, 2.75) is 63.5 Å². The molecule has 3 nitrogen and oxygen atoms in total. The molecule has 1 aromatic carbocycles. The van der Waals surface area contributed by atoms with E-state index in [0.717, 1.165) is 45.1 Å². The molecule has 0 amide bonds. The number of aliphatic carboxylic acids is 1. The van der Waals surface area contributed by atoms with Gasteiger partial charge < -0.3 is 5.11 Å². The smallest absolute Gasteiger partial charge is 0.320 e. The van der Waals surface area contributed by atoms with Crippen molar-refractivity contribution in [2.75, 3.05) is 6.54 Å². The van der Waals surface area contributed by atoms with Crippen LogP contribution in [0.3, 0.4) is 0 Å². The molecule has 1 aromatic rings. The van der Waals surface area contributed by atoms with Crippen LogP contribution in [0.15, 0.2) is 24.3 Å². The van der Waals surface area contributed by atoms with Crippen LogP contribution in [-0.4, -0.2) is 28.6 Å². The zero-order valence-electron chi connectivity index (χ0n) is 12.8. The molecule has 3 atom stereocenters. The summed E-state index contributed by atoms with van der Waals surface area (Å²) in [6.07, 6.45) is 6.36. The van der Waals surface area contributed by atoms with Crippen molar-refractivity contribution in [1.29, 1.82) is 0 Å². The Morgan fingerprint density at radius 3 is 2.62 bits per heavy atom. The lowest BCUT2D eigenvalue weighted by Crippen LogP contribution is -2.44. The van der Waals surface area contributed by atoms with E-state index in [2.05, 4.69) is 36.1 Å². The first-order valence-corrected chi connectivity index (χ1v) is 8.26. The Bertz CT molecular complexity index is 514. The quantitative estimate of drug-likeness (QED) is 0.895. The zero-order chi connectivity index (χ0) is 14.8. The van der Waals surface area contributed by atoms with Gasteiger partial charge in [-0.25, -0.2) is 0 Å². The Labute approximate surface area is 127 Å². The molecule has 0 bridgehead atoms. The molecule has 0 saturated carbocycles. The normalized spacial score (nSPS) is 30.4. The van der Waals surface area contributed by atoms with Gasteiger partial charge in [-0.15, -0.1) is 0 Å². The number of nitrogens with zero attached hydrogens (tertiary/aromatic N) is 1. The Balaban J connectivity index is 1.94. The van der Waals surface area contributed by atoms with Gasteiger partial charge in [0.2, 0.25) is 0 Å². The van der Waals surface area contributed by atoms with Crippen LogP contribution < -0.4 is 0 Å². The third-order valence-corrected chi connectivity index (χ3v) is 5.24. The molecular weight excluding hydrogens is 262 g/mol. The Hall–Kier alpha value is -1.35. The fourth-order valence-corrected chi connectivity index (χ4v) is 4.10. The van der Waals surface area contributed by atoms with Gasteiger partial charge in [0.15, 0.2) is 0 Å². The molecule has 1 saturated heterocycles. The van der Waals surface area contributed by atoms with Gasteiger partial charge in [-0.2, -0.15) is 0 Å². The van der Waals surface area contributed by atoms with Crippen LogP contribution in [-0.2, 0) is 4.79 Å². The number of rotatable bonds is 2. The largest absolute Gasteiger partial charge is 0.480 e. The summed E-state index contributed by atoms with van der Waals surface area (Å²) in [7, 11) is 0. The van der Waals surface area contributed by atoms with Crippen LogP contribution in [0.25, 0.3) is 0 Å². The summed E-state index contributed by atoms with van der Waals surface area (Å²) >= 11 is 0. The van der Waals surface area contributed by atoms with E-state index >= 15 is 0 Å². The van der Waals surface area contributed by atoms with Gasteiger partial charge in [0.25, 0.3) is 0 Å². The van der Waals surface area contributed by atoms with Crippen LogP contribution in [0.1, 0.15) is 68.5 Å². The molecule has 1 aliphatic heterocycles. The second-order valence-electron chi connectivity index (χ2n) is 6.56. The standard InChI is InChI=1S/C18H25NO2/c1-13-10-11-16(15-8-5-4-7-14(13)15)19-12-6-2-3-9-17(19)18(20)21/h4-5,7-8,13,16-17H,2-3,6,9-12H2,1H3,(H,20,21). The maximum Gasteiger partial charge on any atom is 0.320 e. The Kier molecular flexibility index (Phi) is 4.29. The van der Waals surface area contributed by atoms with E-state index in [-0.39, 0.29) is 12.1 Å². The molecule has 1 N–H and O–H groups in total. The summed E-state index contributed by atoms with van der Waals surface area (Å²) < 4.78 is 0. The molecule has 1 heterocycles. The fourth-order valence-electron chi connectivity index (χ4n) is 4.10. The molecule has 3 rings (SSSR count). The van der Waals surface area contributed by atoms with Crippen molar-refractivity contribution in [3.8, 4) is 0 Å². The molecule has 0 radical (unpaired) electrons. The van der Waals surface area contributed by atoms with Gasteiger partial charge in [-0.1, -0.05) is 44.0 Å². The van der Waals surface area contributed by atoms with Gasteiger partial charge in [0.1, 0.15) is 6.04 Å². The number of carboxylic acid groups (broad SMARTS) is 1. The van der Waals surface area contributed by atoms with Gasteiger partial charge in [0.05, 0.1) is 0 Å². The second-order valence-corrected chi connectivity index (χ2v) is 6.56. The van der Waals surface area contributed by atoms with Gasteiger partial charge in [-0.3, -0.25) is 9.69 Å². The third kappa shape index (κ3) is 2.84. The number of hydrogen-bond donors (Lipinski definition) is 1. The highest BCUT2D eigenvalue weighted by Gasteiger charge is 2.36. The number of likely N-dealkylation sites (tertiary alicyclic amines) is 1. The molecular formula is C18H25NO2.